The predicted octanol–water partition coefficient (Wildman–Crippen LogP) is 6.86. The molecule has 0 fully saturated rings. The van der Waals surface area contributed by atoms with Crippen molar-refractivity contribution in [1.82, 2.24) is 0 Å². The molecule has 6 heteroatoms. The van der Waals surface area contributed by atoms with Gasteiger partial charge in [0.05, 0.1) is 31.4 Å². The number of Topliss-reactive ketones (excluding diaryl/α,β-unsaturated/α-hetero) is 1. The van der Waals surface area contributed by atoms with Crippen molar-refractivity contribution in [1.29, 1.82) is 0 Å². The highest BCUT2D eigenvalue weighted by Crippen LogP contribution is 2.31. The van der Waals surface area contributed by atoms with Gasteiger partial charge >= 0.3 is 6.09 Å². The van der Waals surface area contributed by atoms with Gasteiger partial charge in [0.25, 0.3) is 0 Å². The number of unbranched alkanes of at least 4 members (excludes halogenated alkanes) is 1. The van der Waals surface area contributed by atoms with Gasteiger partial charge in [-0.05, 0) is 74.6 Å². The number of carbonyl (C=O) groups excluding carboxylic acids is 2. The van der Waals surface area contributed by atoms with Gasteiger partial charge in [-0.25, -0.2) is 4.79 Å². The summed E-state index contributed by atoms with van der Waals surface area (Å²) in [5.41, 5.74) is 3.83. The minimum atomic E-state index is -0.469. The summed E-state index contributed by atoms with van der Waals surface area (Å²) >= 11 is 0. The molecule has 0 aliphatic carbocycles. The molecule has 2 aromatic rings. The fourth-order valence-corrected chi connectivity index (χ4v) is 4.41. The molecule has 0 radical (unpaired) electrons. The second-order valence-electron chi connectivity index (χ2n) is 9.89. The van der Waals surface area contributed by atoms with Gasteiger partial charge in [0.1, 0.15) is 5.75 Å². The third kappa shape index (κ3) is 7.41. The molecular formula is C29H38N2O4. The molecule has 1 heterocycles. The van der Waals surface area contributed by atoms with Crippen molar-refractivity contribution in [2.75, 3.05) is 19.0 Å². The maximum Gasteiger partial charge on any atom is 0.411 e. The number of fused-ring (bicyclic) bond motifs is 1. The normalized spacial score (nSPS) is 14.9. The van der Waals surface area contributed by atoms with E-state index in [2.05, 4.69) is 39.1 Å². The zero-order chi connectivity index (χ0) is 25.4. The fraction of sp³-hybridized carbons (Fsp3) is 0.483. The van der Waals surface area contributed by atoms with Crippen LogP contribution in [0.2, 0.25) is 0 Å². The number of hydrogen-bond donors (Lipinski definition) is 1. The quantitative estimate of drug-likeness (QED) is 0.358. The summed E-state index contributed by atoms with van der Waals surface area (Å²) in [5, 5.41) is 2.75. The van der Waals surface area contributed by atoms with Crippen LogP contribution in [0.5, 0.6) is 5.75 Å². The highest BCUT2D eigenvalue weighted by molar-refractivity contribution is 6.17. The first-order valence-electron chi connectivity index (χ1n) is 12.6. The van der Waals surface area contributed by atoms with Gasteiger partial charge in [-0.3, -0.25) is 15.1 Å². The summed E-state index contributed by atoms with van der Waals surface area (Å²) in [5.74, 6) is 1.12. The number of nitrogens with one attached hydrogen (secondary N) is 1. The molecule has 3 rings (SSSR count). The lowest BCUT2D eigenvalue weighted by atomic mass is 9.85. The minimum absolute atomic E-state index is 0.0222. The third-order valence-corrected chi connectivity index (χ3v) is 6.46. The summed E-state index contributed by atoms with van der Waals surface area (Å²) in [6.07, 6.45) is 4.89. The Bertz CT molecular complexity index is 1060. The first-order valence-corrected chi connectivity index (χ1v) is 12.6. The lowest BCUT2D eigenvalue weighted by Gasteiger charge is -2.29. The number of hydrogen-bond acceptors (Lipinski definition) is 5. The molecule has 0 bridgehead atoms. The van der Waals surface area contributed by atoms with E-state index in [0.717, 1.165) is 49.1 Å². The van der Waals surface area contributed by atoms with Crippen LogP contribution >= 0.6 is 0 Å². The van der Waals surface area contributed by atoms with E-state index < -0.39 is 6.09 Å². The average molecular weight is 479 g/mol. The van der Waals surface area contributed by atoms with Crippen molar-refractivity contribution in [2.24, 2.45) is 10.9 Å². The van der Waals surface area contributed by atoms with Crippen LogP contribution in [0.25, 0.3) is 0 Å². The first kappa shape index (κ1) is 26.5. The highest BCUT2D eigenvalue weighted by Gasteiger charge is 2.28. The zero-order valence-corrected chi connectivity index (χ0v) is 21.6. The lowest BCUT2D eigenvalue weighted by molar-refractivity contribution is 0.100. The average Bonchev–Trinajstić information content (AvgIpc) is 2.83. The Morgan fingerprint density at radius 3 is 2.51 bits per heavy atom. The number of carbonyl (C=O) groups is 2. The van der Waals surface area contributed by atoms with Crippen molar-refractivity contribution in [3.05, 3.63) is 59.2 Å². The van der Waals surface area contributed by atoms with E-state index in [-0.39, 0.29) is 17.7 Å². The Morgan fingerprint density at radius 1 is 1.11 bits per heavy atom. The van der Waals surface area contributed by atoms with Gasteiger partial charge in [-0.2, -0.15) is 0 Å². The first-order chi connectivity index (χ1) is 16.7. The van der Waals surface area contributed by atoms with Gasteiger partial charge in [-0.15, -0.1) is 0 Å². The van der Waals surface area contributed by atoms with Crippen molar-refractivity contribution in [2.45, 2.75) is 71.8 Å². The Morgan fingerprint density at radius 2 is 1.86 bits per heavy atom. The maximum atomic E-state index is 13.1. The van der Waals surface area contributed by atoms with E-state index in [9.17, 15) is 9.59 Å². The molecule has 1 atom stereocenters. The fourth-order valence-electron chi connectivity index (χ4n) is 4.41. The number of anilines is 1. The largest absolute Gasteiger partial charge is 0.497 e. The highest BCUT2D eigenvalue weighted by atomic mass is 16.5. The summed E-state index contributed by atoms with van der Waals surface area (Å²) in [7, 11) is 1.64. The van der Waals surface area contributed by atoms with E-state index in [1.807, 2.05) is 12.1 Å². The van der Waals surface area contributed by atoms with Gasteiger partial charge in [-0.1, -0.05) is 39.2 Å². The standard InChI is InChI=1S/C29H38N2O4/c1-6-8-9-20(7-2)19-35-28(33)30-23-13-10-21(11-14-23)27(32)17-26-25-16-24(34-5)15-12-22(25)18-29(3,4)31-26/h10-16,20H,6-9,17-19H2,1-5H3,(H,30,33). The zero-order valence-electron chi connectivity index (χ0n) is 21.6. The van der Waals surface area contributed by atoms with E-state index >= 15 is 0 Å². The number of nitrogens with zero attached hydrogens (tertiary/aromatic N) is 1. The molecule has 1 aliphatic rings. The van der Waals surface area contributed by atoms with Gasteiger partial charge in [0.2, 0.25) is 0 Å². The van der Waals surface area contributed by atoms with Crippen molar-refractivity contribution < 1.29 is 19.1 Å². The molecule has 1 aliphatic heterocycles. The molecule has 188 valence electrons. The van der Waals surface area contributed by atoms with Crippen molar-refractivity contribution in [3.8, 4) is 5.75 Å². The second-order valence-corrected chi connectivity index (χ2v) is 9.89. The molecular weight excluding hydrogens is 440 g/mol. The van der Waals surface area contributed by atoms with Crippen LogP contribution in [0, 0.1) is 5.92 Å². The number of aliphatic imine (C=N–C) groups is 1. The molecule has 0 aromatic heterocycles. The van der Waals surface area contributed by atoms with Crippen LogP contribution in [-0.2, 0) is 11.2 Å². The van der Waals surface area contributed by atoms with Crippen LogP contribution in [0.4, 0.5) is 10.5 Å². The van der Waals surface area contributed by atoms with Gasteiger partial charge < -0.3 is 9.47 Å². The van der Waals surface area contributed by atoms with E-state index in [4.69, 9.17) is 14.5 Å². The molecule has 0 saturated heterocycles. The summed E-state index contributed by atoms with van der Waals surface area (Å²) in [6, 6.07) is 12.9. The monoisotopic (exact) mass is 478 g/mol. The summed E-state index contributed by atoms with van der Waals surface area (Å²) in [4.78, 5) is 30.2. The minimum Gasteiger partial charge on any atom is -0.497 e. The number of benzene rings is 2. The Labute approximate surface area is 209 Å². The molecule has 1 N–H and O–H groups in total. The van der Waals surface area contributed by atoms with Crippen LogP contribution in [0.15, 0.2) is 47.5 Å². The summed E-state index contributed by atoms with van der Waals surface area (Å²) < 4.78 is 10.8. The van der Waals surface area contributed by atoms with Gasteiger partial charge in [0, 0.05) is 16.8 Å². The second kappa shape index (κ2) is 12.0. The van der Waals surface area contributed by atoms with E-state index in [1.165, 1.54) is 5.56 Å². The van der Waals surface area contributed by atoms with Gasteiger partial charge in [0.15, 0.2) is 5.78 Å². The van der Waals surface area contributed by atoms with E-state index in [0.29, 0.717) is 23.8 Å². The predicted molar refractivity (Wildman–Crippen MR) is 141 cm³/mol. The lowest BCUT2D eigenvalue weighted by Crippen LogP contribution is -2.30. The Hall–Kier alpha value is -3.15. The number of rotatable bonds is 11. The van der Waals surface area contributed by atoms with Crippen LogP contribution < -0.4 is 10.1 Å². The third-order valence-electron chi connectivity index (χ3n) is 6.46. The molecule has 6 nitrogen and oxygen atoms in total. The molecule has 0 spiro atoms. The smallest absolute Gasteiger partial charge is 0.411 e. The van der Waals surface area contributed by atoms with Crippen LogP contribution in [-0.4, -0.2) is 36.8 Å². The van der Waals surface area contributed by atoms with Crippen LogP contribution in [0.1, 0.15) is 81.3 Å². The topological polar surface area (TPSA) is 77.0 Å². The Balaban J connectivity index is 1.62. The number of ketones is 1. The molecule has 1 unspecified atom stereocenters. The number of amides is 1. The molecule has 2 aromatic carbocycles. The number of methoxy groups -OCH3 is 1. The molecule has 35 heavy (non-hydrogen) atoms. The van der Waals surface area contributed by atoms with Crippen molar-refractivity contribution >= 4 is 23.3 Å². The van der Waals surface area contributed by atoms with Crippen molar-refractivity contribution in [3.63, 3.8) is 0 Å². The van der Waals surface area contributed by atoms with Crippen LogP contribution in [0.3, 0.4) is 0 Å². The Kier molecular flexibility index (Phi) is 9.07. The SMILES string of the molecule is CCCCC(CC)COC(=O)Nc1ccc(C(=O)CC2=NC(C)(C)Cc3ccc(OC)cc32)cc1. The van der Waals surface area contributed by atoms with E-state index in [1.54, 1.807) is 31.4 Å². The summed E-state index contributed by atoms with van der Waals surface area (Å²) in [6.45, 7) is 8.86. The maximum absolute atomic E-state index is 13.1. The molecule has 0 saturated carbocycles. The molecule has 1 amide bonds. The number of ether oxygens (including phenoxy) is 2.